The minimum atomic E-state index is -0.340. The summed E-state index contributed by atoms with van der Waals surface area (Å²) in [7, 11) is 0. The number of rotatable bonds is 3. The Bertz CT molecular complexity index is 593. The SMILES string of the molecule is Cc1ccc(C(=O)Cc2ccccc2Br)cc1F. The Kier molecular flexibility index (Phi) is 3.92. The Morgan fingerprint density at radius 2 is 1.94 bits per heavy atom. The minimum Gasteiger partial charge on any atom is -0.294 e. The smallest absolute Gasteiger partial charge is 0.167 e. The molecular weight excluding hydrogens is 295 g/mol. The van der Waals surface area contributed by atoms with Crippen molar-refractivity contribution in [3.8, 4) is 0 Å². The van der Waals surface area contributed by atoms with Gasteiger partial charge in [-0.3, -0.25) is 4.79 Å². The molecule has 0 bridgehead atoms. The van der Waals surface area contributed by atoms with Gasteiger partial charge in [0, 0.05) is 16.5 Å². The number of carbonyl (C=O) groups is 1. The summed E-state index contributed by atoms with van der Waals surface area (Å²) in [5.74, 6) is -0.422. The van der Waals surface area contributed by atoms with Gasteiger partial charge in [-0.2, -0.15) is 0 Å². The van der Waals surface area contributed by atoms with E-state index in [4.69, 9.17) is 0 Å². The van der Waals surface area contributed by atoms with Gasteiger partial charge in [0.05, 0.1) is 0 Å². The molecule has 0 saturated carbocycles. The highest BCUT2D eigenvalue weighted by Gasteiger charge is 2.10. The summed E-state index contributed by atoms with van der Waals surface area (Å²) in [5.41, 5.74) is 1.87. The minimum absolute atomic E-state index is 0.0826. The summed E-state index contributed by atoms with van der Waals surface area (Å²) in [6.07, 6.45) is 0.268. The summed E-state index contributed by atoms with van der Waals surface area (Å²) in [6.45, 7) is 1.68. The average Bonchev–Trinajstić information content (AvgIpc) is 2.35. The highest BCUT2D eigenvalue weighted by molar-refractivity contribution is 9.10. The molecule has 3 heteroatoms. The lowest BCUT2D eigenvalue weighted by molar-refractivity contribution is 0.0992. The third kappa shape index (κ3) is 2.85. The van der Waals surface area contributed by atoms with Gasteiger partial charge in [-0.1, -0.05) is 46.3 Å². The van der Waals surface area contributed by atoms with E-state index in [1.165, 1.54) is 6.07 Å². The van der Waals surface area contributed by atoms with Gasteiger partial charge in [0.2, 0.25) is 0 Å². The fourth-order valence-corrected chi connectivity index (χ4v) is 2.11. The van der Waals surface area contributed by atoms with Crippen LogP contribution in [0.1, 0.15) is 21.5 Å². The number of carbonyl (C=O) groups excluding carboxylic acids is 1. The van der Waals surface area contributed by atoms with Crippen molar-refractivity contribution < 1.29 is 9.18 Å². The van der Waals surface area contributed by atoms with Crippen LogP contribution in [0.4, 0.5) is 4.39 Å². The van der Waals surface area contributed by atoms with Gasteiger partial charge in [0.25, 0.3) is 0 Å². The van der Waals surface area contributed by atoms with Crippen LogP contribution in [-0.2, 0) is 6.42 Å². The molecule has 0 amide bonds. The van der Waals surface area contributed by atoms with Crippen molar-refractivity contribution in [1.82, 2.24) is 0 Å². The lowest BCUT2D eigenvalue weighted by Crippen LogP contribution is -2.05. The second-order valence-corrected chi connectivity index (χ2v) is 5.01. The fraction of sp³-hybridized carbons (Fsp3) is 0.133. The van der Waals surface area contributed by atoms with Crippen LogP contribution >= 0.6 is 15.9 Å². The van der Waals surface area contributed by atoms with Gasteiger partial charge in [-0.05, 0) is 30.2 Å². The maximum Gasteiger partial charge on any atom is 0.167 e. The third-order valence-electron chi connectivity index (χ3n) is 2.80. The van der Waals surface area contributed by atoms with E-state index in [9.17, 15) is 9.18 Å². The molecule has 0 aliphatic rings. The molecule has 18 heavy (non-hydrogen) atoms. The molecule has 0 aliphatic heterocycles. The van der Waals surface area contributed by atoms with E-state index in [0.29, 0.717) is 11.1 Å². The van der Waals surface area contributed by atoms with E-state index in [1.807, 2.05) is 24.3 Å². The molecule has 1 nitrogen and oxygen atoms in total. The first-order valence-electron chi connectivity index (χ1n) is 5.60. The second kappa shape index (κ2) is 5.44. The van der Waals surface area contributed by atoms with Crippen LogP contribution in [0.15, 0.2) is 46.9 Å². The van der Waals surface area contributed by atoms with E-state index in [1.54, 1.807) is 19.1 Å². The molecule has 0 heterocycles. The standard InChI is InChI=1S/C15H12BrFO/c1-10-6-7-12(8-14(10)17)15(18)9-11-4-2-3-5-13(11)16/h2-8H,9H2,1H3. The second-order valence-electron chi connectivity index (χ2n) is 4.16. The lowest BCUT2D eigenvalue weighted by Gasteiger charge is -2.05. The van der Waals surface area contributed by atoms with Crippen LogP contribution in [0.5, 0.6) is 0 Å². The topological polar surface area (TPSA) is 17.1 Å². The lowest BCUT2D eigenvalue weighted by atomic mass is 10.0. The summed E-state index contributed by atoms with van der Waals surface area (Å²) >= 11 is 3.40. The van der Waals surface area contributed by atoms with Crippen molar-refractivity contribution in [2.75, 3.05) is 0 Å². The number of hydrogen-bond acceptors (Lipinski definition) is 1. The van der Waals surface area contributed by atoms with E-state index in [0.717, 1.165) is 10.0 Å². The van der Waals surface area contributed by atoms with Crippen LogP contribution in [0.25, 0.3) is 0 Å². The summed E-state index contributed by atoms with van der Waals surface area (Å²) in [6, 6.07) is 12.1. The van der Waals surface area contributed by atoms with Crippen LogP contribution in [0.3, 0.4) is 0 Å². The third-order valence-corrected chi connectivity index (χ3v) is 3.58. The monoisotopic (exact) mass is 306 g/mol. The Morgan fingerprint density at radius 3 is 2.61 bits per heavy atom. The Balaban J connectivity index is 2.22. The van der Waals surface area contributed by atoms with Crippen LogP contribution < -0.4 is 0 Å². The fourth-order valence-electron chi connectivity index (χ4n) is 1.68. The van der Waals surface area contributed by atoms with Gasteiger partial charge in [0.15, 0.2) is 5.78 Å². The Labute approximate surface area is 114 Å². The number of hydrogen-bond donors (Lipinski definition) is 0. The molecule has 0 spiro atoms. The van der Waals surface area contributed by atoms with Gasteiger partial charge in [0.1, 0.15) is 5.82 Å². The van der Waals surface area contributed by atoms with Crippen LogP contribution in [0, 0.1) is 12.7 Å². The zero-order valence-electron chi connectivity index (χ0n) is 9.91. The summed E-state index contributed by atoms with van der Waals surface area (Å²) < 4.78 is 14.3. The molecule has 0 atom stereocenters. The number of ketones is 1. The normalized spacial score (nSPS) is 10.4. The van der Waals surface area contributed by atoms with E-state index in [-0.39, 0.29) is 18.0 Å². The first-order valence-corrected chi connectivity index (χ1v) is 6.40. The first-order chi connectivity index (χ1) is 8.58. The summed E-state index contributed by atoms with van der Waals surface area (Å²) in [5, 5.41) is 0. The van der Waals surface area contributed by atoms with Gasteiger partial charge < -0.3 is 0 Å². The molecule has 0 radical (unpaired) electrons. The highest BCUT2D eigenvalue weighted by atomic mass is 79.9. The molecule has 2 aromatic rings. The highest BCUT2D eigenvalue weighted by Crippen LogP contribution is 2.19. The predicted octanol–water partition coefficient (Wildman–Crippen LogP) is 4.32. The van der Waals surface area contributed by atoms with E-state index < -0.39 is 0 Å². The van der Waals surface area contributed by atoms with Gasteiger partial charge in [-0.15, -0.1) is 0 Å². The first kappa shape index (κ1) is 13.0. The molecule has 0 saturated heterocycles. The molecule has 92 valence electrons. The predicted molar refractivity (Wildman–Crippen MR) is 73.3 cm³/mol. The Hall–Kier alpha value is -1.48. The Morgan fingerprint density at radius 1 is 1.22 bits per heavy atom. The summed E-state index contributed by atoms with van der Waals surface area (Å²) in [4.78, 5) is 12.0. The van der Waals surface area contributed by atoms with Crippen molar-refractivity contribution in [1.29, 1.82) is 0 Å². The largest absolute Gasteiger partial charge is 0.294 e. The molecule has 2 rings (SSSR count). The molecule has 0 aliphatic carbocycles. The number of aryl methyl sites for hydroxylation is 1. The molecule has 0 fully saturated rings. The van der Waals surface area contributed by atoms with E-state index in [2.05, 4.69) is 15.9 Å². The van der Waals surface area contributed by atoms with Crippen molar-refractivity contribution in [3.05, 3.63) is 69.4 Å². The van der Waals surface area contributed by atoms with Crippen LogP contribution in [0.2, 0.25) is 0 Å². The quantitative estimate of drug-likeness (QED) is 0.772. The van der Waals surface area contributed by atoms with Crippen molar-refractivity contribution >= 4 is 21.7 Å². The van der Waals surface area contributed by atoms with Crippen LogP contribution in [-0.4, -0.2) is 5.78 Å². The number of benzene rings is 2. The maximum absolute atomic E-state index is 13.4. The van der Waals surface area contributed by atoms with Crippen molar-refractivity contribution in [2.24, 2.45) is 0 Å². The molecular formula is C15H12BrFO. The van der Waals surface area contributed by atoms with Crippen molar-refractivity contribution in [3.63, 3.8) is 0 Å². The molecule has 0 N–H and O–H groups in total. The van der Waals surface area contributed by atoms with E-state index >= 15 is 0 Å². The number of Topliss-reactive ketones (excluding diaryl/α,β-unsaturated/α-hetero) is 1. The van der Waals surface area contributed by atoms with Crippen molar-refractivity contribution in [2.45, 2.75) is 13.3 Å². The zero-order valence-corrected chi connectivity index (χ0v) is 11.5. The van der Waals surface area contributed by atoms with Gasteiger partial charge >= 0.3 is 0 Å². The van der Waals surface area contributed by atoms with Gasteiger partial charge in [-0.25, -0.2) is 4.39 Å². The molecule has 2 aromatic carbocycles. The zero-order chi connectivity index (χ0) is 13.1. The maximum atomic E-state index is 13.4. The number of halogens is 2. The average molecular weight is 307 g/mol. The molecule has 0 aromatic heterocycles. The molecule has 0 unspecified atom stereocenters.